The molecule has 36 heavy (non-hydrogen) atoms. The summed E-state index contributed by atoms with van der Waals surface area (Å²) in [5.74, 6) is -1.75. The van der Waals surface area contributed by atoms with Crippen molar-refractivity contribution in [2.75, 3.05) is 0 Å². The van der Waals surface area contributed by atoms with E-state index in [2.05, 4.69) is 0 Å². The van der Waals surface area contributed by atoms with Crippen LogP contribution in [0.4, 0.5) is 0 Å². The zero-order chi connectivity index (χ0) is 26.0. The third kappa shape index (κ3) is 4.86. The fraction of sp³-hybridized carbons (Fsp3) is 0.103. The van der Waals surface area contributed by atoms with Gasteiger partial charge in [0, 0.05) is 5.41 Å². The van der Waals surface area contributed by atoms with Gasteiger partial charge in [0.1, 0.15) is 34.1 Å². The second-order valence-electron chi connectivity index (χ2n) is 8.85. The van der Waals surface area contributed by atoms with Crippen LogP contribution in [0.3, 0.4) is 0 Å². The Labute approximate surface area is 207 Å². The summed E-state index contributed by atoms with van der Waals surface area (Å²) in [5, 5.41) is 38.1. The number of ether oxygens (including phenoxy) is 1. The van der Waals surface area contributed by atoms with Crippen molar-refractivity contribution in [2.45, 2.75) is 19.3 Å². The normalized spacial score (nSPS) is 11.2. The molecule has 0 radical (unpaired) electrons. The molecule has 0 aliphatic heterocycles. The Bertz CT molecular complexity index is 1440. The molecule has 4 rings (SSSR count). The van der Waals surface area contributed by atoms with Crippen molar-refractivity contribution in [1.29, 1.82) is 0 Å². The summed E-state index contributed by atoms with van der Waals surface area (Å²) in [6, 6.07) is 23.6. The maximum Gasteiger partial charge on any atom is 0.339 e. The predicted molar refractivity (Wildman–Crippen MR) is 134 cm³/mol. The largest absolute Gasteiger partial charge is 0.507 e. The van der Waals surface area contributed by atoms with Gasteiger partial charge in [-0.25, -0.2) is 9.59 Å². The lowest BCUT2D eigenvalue weighted by Crippen LogP contribution is -2.19. The molecule has 7 heteroatoms. The first-order valence-electron chi connectivity index (χ1n) is 11.1. The molecule has 182 valence electrons. The standard InChI is InChI=1S/C29H24O7/c1-29(2,20-8-14-26(31)24(16-20)28(34)35)19-6-11-22(12-7-19)36-21-9-3-17(4-10-21)18-5-13-25(30)23(15-18)27(32)33/h3-16,30-31H,1-2H3,(H,32,33)(H,34,35). The first-order chi connectivity index (χ1) is 17.1. The molecule has 0 atom stereocenters. The van der Waals surface area contributed by atoms with Crippen LogP contribution in [-0.4, -0.2) is 32.4 Å². The molecular formula is C29H24O7. The molecule has 0 aliphatic carbocycles. The number of carbonyl (C=O) groups is 2. The Hall–Kier alpha value is -4.78. The molecule has 0 unspecified atom stereocenters. The molecule has 0 heterocycles. The number of hydrogen-bond acceptors (Lipinski definition) is 5. The lowest BCUT2D eigenvalue weighted by atomic mass is 9.77. The van der Waals surface area contributed by atoms with E-state index in [9.17, 15) is 30.0 Å². The van der Waals surface area contributed by atoms with E-state index in [1.165, 1.54) is 24.3 Å². The molecular weight excluding hydrogens is 460 g/mol. The van der Waals surface area contributed by atoms with Gasteiger partial charge in [0.15, 0.2) is 0 Å². The molecule has 4 aromatic carbocycles. The quantitative estimate of drug-likeness (QED) is 0.243. The number of benzene rings is 4. The summed E-state index contributed by atoms with van der Waals surface area (Å²) >= 11 is 0. The van der Waals surface area contributed by atoms with Crippen LogP contribution in [0.15, 0.2) is 84.9 Å². The van der Waals surface area contributed by atoms with E-state index in [1.54, 1.807) is 36.4 Å². The van der Waals surface area contributed by atoms with Crippen LogP contribution >= 0.6 is 0 Å². The van der Waals surface area contributed by atoms with Crippen molar-refractivity contribution < 1.29 is 34.8 Å². The van der Waals surface area contributed by atoms with Gasteiger partial charge in [0.05, 0.1) is 0 Å². The van der Waals surface area contributed by atoms with E-state index in [0.717, 1.165) is 16.7 Å². The average molecular weight is 485 g/mol. The lowest BCUT2D eigenvalue weighted by molar-refractivity contribution is 0.0682. The molecule has 0 spiro atoms. The van der Waals surface area contributed by atoms with Gasteiger partial charge in [-0.2, -0.15) is 0 Å². The minimum absolute atomic E-state index is 0.143. The molecule has 0 bridgehead atoms. The van der Waals surface area contributed by atoms with E-state index in [0.29, 0.717) is 17.1 Å². The summed E-state index contributed by atoms with van der Waals surface area (Å²) in [7, 11) is 0. The fourth-order valence-corrected chi connectivity index (χ4v) is 3.94. The zero-order valence-corrected chi connectivity index (χ0v) is 19.6. The van der Waals surface area contributed by atoms with Gasteiger partial charge in [0.25, 0.3) is 0 Å². The highest BCUT2D eigenvalue weighted by atomic mass is 16.5. The van der Waals surface area contributed by atoms with Crippen molar-refractivity contribution in [3.63, 3.8) is 0 Å². The topological polar surface area (TPSA) is 124 Å². The van der Waals surface area contributed by atoms with E-state index >= 15 is 0 Å². The van der Waals surface area contributed by atoms with E-state index in [4.69, 9.17) is 4.74 Å². The Kier molecular flexibility index (Phi) is 6.40. The number of phenols is 2. The van der Waals surface area contributed by atoms with Crippen LogP contribution in [-0.2, 0) is 5.41 Å². The highest BCUT2D eigenvalue weighted by Crippen LogP contribution is 2.35. The second kappa shape index (κ2) is 9.46. The summed E-state index contributed by atoms with van der Waals surface area (Å²) < 4.78 is 5.95. The minimum atomic E-state index is -1.20. The van der Waals surface area contributed by atoms with E-state index in [1.807, 2.05) is 38.1 Å². The molecule has 0 saturated heterocycles. The third-order valence-electron chi connectivity index (χ3n) is 6.17. The third-order valence-corrected chi connectivity index (χ3v) is 6.17. The van der Waals surface area contributed by atoms with Crippen LogP contribution in [0.2, 0.25) is 0 Å². The minimum Gasteiger partial charge on any atom is -0.507 e. The van der Waals surface area contributed by atoms with Gasteiger partial charge in [-0.3, -0.25) is 0 Å². The van der Waals surface area contributed by atoms with Crippen molar-refractivity contribution in [3.8, 4) is 34.1 Å². The lowest BCUT2D eigenvalue weighted by Gasteiger charge is -2.26. The van der Waals surface area contributed by atoms with Crippen LogP contribution in [0.5, 0.6) is 23.0 Å². The number of rotatable bonds is 7. The Morgan fingerprint density at radius 2 is 1.06 bits per heavy atom. The van der Waals surface area contributed by atoms with E-state index < -0.39 is 17.4 Å². The maximum atomic E-state index is 11.4. The Morgan fingerprint density at radius 1 is 0.611 bits per heavy atom. The summed E-state index contributed by atoms with van der Waals surface area (Å²) in [5.41, 5.74) is 2.30. The van der Waals surface area contributed by atoms with Crippen LogP contribution < -0.4 is 4.74 Å². The van der Waals surface area contributed by atoms with Crippen LogP contribution in [0, 0.1) is 0 Å². The zero-order valence-electron chi connectivity index (χ0n) is 19.6. The molecule has 0 aromatic heterocycles. The number of carboxylic acid groups (broad SMARTS) is 2. The van der Waals surface area contributed by atoms with Gasteiger partial charge < -0.3 is 25.2 Å². The monoisotopic (exact) mass is 484 g/mol. The second-order valence-corrected chi connectivity index (χ2v) is 8.85. The van der Waals surface area contributed by atoms with Gasteiger partial charge in [0.2, 0.25) is 0 Å². The molecule has 0 saturated carbocycles. The summed E-state index contributed by atoms with van der Waals surface area (Å²) in [6.45, 7) is 3.94. The predicted octanol–water partition coefficient (Wildman–Crippen LogP) is 6.28. The molecule has 4 aromatic rings. The molecule has 0 amide bonds. The first-order valence-corrected chi connectivity index (χ1v) is 11.1. The van der Waals surface area contributed by atoms with Crippen LogP contribution in [0.25, 0.3) is 11.1 Å². The Morgan fingerprint density at radius 3 is 1.61 bits per heavy atom. The number of aromatic carboxylic acids is 2. The number of hydrogen-bond donors (Lipinski definition) is 4. The highest BCUT2D eigenvalue weighted by Gasteiger charge is 2.25. The van der Waals surface area contributed by atoms with Crippen molar-refractivity contribution in [1.82, 2.24) is 0 Å². The fourth-order valence-electron chi connectivity index (χ4n) is 3.94. The highest BCUT2D eigenvalue weighted by molar-refractivity contribution is 5.92. The molecule has 4 N–H and O–H groups in total. The SMILES string of the molecule is CC(C)(c1ccc(Oc2ccc(-c3ccc(O)c(C(=O)O)c3)cc2)cc1)c1ccc(O)c(C(=O)O)c1. The summed E-state index contributed by atoms with van der Waals surface area (Å²) in [4.78, 5) is 22.7. The van der Waals surface area contributed by atoms with Crippen molar-refractivity contribution >= 4 is 11.9 Å². The van der Waals surface area contributed by atoms with Gasteiger partial charge in [-0.05, 0) is 70.8 Å². The van der Waals surface area contributed by atoms with Crippen molar-refractivity contribution in [2.24, 2.45) is 0 Å². The van der Waals surface area contributed by atoms with Gasteiger partial charge in [-0.1, -0.05) is 50.2 Å². The summed E-state index contributed by atoms with van der Waals surface area (Å²) in [6.07, 6.45) is 0. The number of carboxylic acids is 2. The van der Waals surface area contributed by atoms with Gasteiger partial charge in [-0.15, -0.1) is 0 Å². The smallest absolute Gasteiger partial charge is 0.339 e. The van der Waals surface area contributed by atoms with Gasteiger partial charge >= 0.3 is 11.9 Å². The molecule has 7 nitrogen and oxygen atoms in total. The first kappa shape index (κ1) is 24.3. The Balaban J connectivity index is 1.51. The van der Waals surface area contributed by atoms with Crippen LogP contribution in [0.1, 0.15) is 45.7 Å². The van der Waals surface area contributed by atoms with E-state index in [-0.39, 0.29) is 22.6 Å². The molecule has 0 aliphatic rings. The molecule has 0 fully saturated rings. The average Bonchev–Trinajstić information content (AvgIpc) is 2.85. The maximum absolute atomic E-state index is 11.4. The van der Waals surface area contributed by atoms with Crippen molar-refractivity contribution in [3.05, 3.63) is 107 Å². The number of aromatic hydroxyl groups is 2.